The minimum atomic E-state index is 0. The number of nitrogen functional groups attached to an aromatic ring is 1. The van der Waals surface area contributed by atoms with Crippen LogP contribution < -0.4 is 5.73 Å². The zero-order valence-corrected chi connectivity index (χ0v) is 6.43. The molecular formula is C7H7ClN2O. The summed E-state index contributed by atoms with van der Waals surface area (Å²) < 4.78 is 0. The number of nitrogens with zero attached hydrogens (tertiary/aromatic N) is 1. The molecule has 0 saturated heterocycles. The van der Waals surface area contributed by atoms with Crippen molar-refractivity contribution in [2.75, 3.05) is 5.73 Å². The number of rotatable bonds is 0. The topological polar surface area (TPSA) is 70.0 Å². The van der Waals surface area contributed by atoms with E-state index in [1.807, 2.05) is 6.07 Å². The summed E-state index contributed by atoms with van der Waals surface area (Å²) in [6.45, 7) is 0. The van der Waals surface area contributed by atoms with E-state index >= 15 is 0 Å². The van der Waals surface area contributed by atoms with Gasteiger partial charge in [-0.05, 0) is 18.2 Å². The van der Waals surface area contributed by atoms with Crippen LogP contribution in [0.3, 0.4) is 0 Å². The summed E-state index contributed by atoms with van der Waals surface area (Å²) in [5, 5.41) is 17.3. The molecule has 0 atom stereocenters. The van der Waals surface area contributed by atoms with Crippen molar-refractivity contribution in [3.05, 3.63) is 23.8 Å². The molecule has 11 heavy (non-hydrogen) atoms. The van der Waals surface area contributed by atoms with Gasteiger partial charge in [0.25, 0.3) is 0 Å². The monoisotopic (exact) mass is 170 g/mol. The fourth-order valence-electron chi connectivity index (χ4n) is 0.624. The molecule has 0 amide bonds. The van der Waals surface area contributed by atoms with Crippen molar-refractivity contribution < 1.29 is 5.11 Å². The zero-order valence-electron chi connectivity index (χ0n) is 5.61. The second kappa shape index (κ2) is 3.69. The molecule has 3 nitrogen and oxygen atoms in total. The Labute approximate surface area is 70.5 Å². The molecule has 0 heterocycles. The Hall–Kier alpha value is -1.40. The lowest BCUT2D eigenvalue weighted by atomic mass is 10.2. The largest absolute Gasteiger partial charge is 0.506 e. The van der Waals surface area contributed by atoms with Crippen LogP contribution in [-0.2, 0) is 0 Å². The van der Waals surface area contributed by atoms with Gasteiger partial charge in [0.15, 0.2) is 0 Å². The SMILES string of the molecule is Cl.N#Cc1ccc(O)c(N)c1. The third-order valence-corrected chi connectivity index (χ3v) is 1.16. The van der Waals surface area contributed by atoms with Crippen LogP contribution in [0, 0.1) is 11.3 Å². The van der Waals surface area contributed by atoms with Crippen LogP contribution >= 0.6 is 12.4 Å². The van der Waals surface area contributed by atoms with Crippen LogP contribution in [0.1, 0.15) is 5.56 Å². The number of halogens is 1. The number of phenolic OH excluding ortho intramolecular Hbond substituents is 1. The highest BCUT2D eigenvalue weighted by molar-refractivity contribution is 5.85. The van der Waals surface area contributed by atoms with Gasteiger partial charge < -0.3 is 10.8 Å². The van der Waals surface area contributed by atoms with Gasteiger partial charge in [-0.1, -0.05) is 0 Å². The predicted octanol–water partition coefficient (Wildman–Crippen LogP) is 1.27. The first kappa shape index (κ1) is 9.60. The lowest BCUT2D eigenvalue weighted by Crippen LogP contribution is -1.85. The molecule has 0 aliphatic rings. The highest BCUT2D eigenvalue weighted by Crippen LogP contribution is 2.19. The molecule has 0 saturated carbocycles. The van der Waals surface area contributed by atoms with Crippen molar-refractivity contribution in [3.8, 4) is 11.8 Å². The van der Waals surface area contributed by atoms with Gasteiger partial charge in [0.2, 0.25) is 0 Å². The van der Waals surface area contributed by atoms with Gasteiger partial charge in [-0.2, -0.15) is 5.26 Å². The maximum absolute atomic E-state index is 8.90. The molecule has 0 radical (unpaired) electrons. The maximum atomic E-state index is 8.90. The van der Waals surface area contributed by atoms with Crippen LogP contribution in [0.25, 0.3) is 0 Å². The summed E-state index contributed by atoms with van der Waals surface area (Å²) in [6.07, 6.45) is 0. The summed E-state index contributed by atoms with van der Waals surface area (Å²) in [4.78, 5) is 0. The third-order valence-electron chi connectivity index (χ3n) is 1.16. The average Bonchev–Trinajstić information content (AvgIpc) is 1.95. The first-order valence-electron chi connectivity index (χ1n) is 2.72. The molecule has 1 aromatic carbocycles. The van der Waals surface area contributed by atoms with Crippen LogP contribution in [0.2, 0.25) is 0 Å². The number of anilines is 1. The third kappa shape index (κ3) is 2.03. The van der Waals surface area contributed by atoms with Gasteiger partial charge in [0.05, 0.1) is 17.3 Å². The number of nitrogens with two attached hydrogens (primary N) is 1. The van der Waals surface area contributed by atoms with Gasteiger partial charge in [-0.15, -0.1) is 12.4 Å². The van der Waals surface area contributed by atoms with Gasteiger partial charge in [-0.25, -0.2) is 0 Å². The number of hydrogen-bond acceptors (Lipinski definition) is 3. The molecule has 0 fully saturated rings. The van der Waals surface area contributed by atoms with E-state index in [1.165, 1.54) is 18.2 Å². The smallest absolute Gasteiger partial charge is 0.138 e. The molecule has 0 spiro atoms. The fourth-order valence-corrected chi connectivity index (χ4v) is 0.624. The van der Waals surface area contributed by atoms with Crippen molar-refractivity contribution in [3.63, 3.8) is 0 Å². The predicted molar refractivity (Wildman–Crippen MR) is 44.5 cm³/mol. The molecule has 58 valence electrons. The van der Waals surface area contributed by atoms with Crippen LogP contribution in [-0.4, -0.2) is 5.11 Å². The normalized spacial score (nSPS) is 7.91. The summed E-state index contributed by atoms with van der Waals surface area (Å²) in [7, 11) is 0. The Morgan fingerprint density at radius 1 is 1.45 bits per heavy atom. The molecule has 0 bridgehead atoms. The highest BCUT2D eigenvalue weighted by atomic mass is 35.5. The Morgan fingerprint density at radius 3 is 2.55 bits per heavy atom. The Balaban J connectivity index is 0.000001000. The minimum Gasteiger partial charge on any atom is -0.506 e. The van der Waals surface area contributed by atoms with Crippen molar-refractivity contribution in [2.45, 2.75) is 0 Å². The summed E-state index contributed by atoms with van der Waals surface area (Å²) in [5.41, 5.74) is 5.98. The number of hydrogen-bond donors (Lipinski definition) is 2. The van der Waals surface area contributed by atoms with Gasteiger partial charge in [0, 0.05) is 0 Å². The zero-order chi connectivity index (χ0) is 7.56. The Morgan fingerprint density at radius 2 is 2.09 bits per heavy atom. The second-order valence-electron chi connectivity index (χ2n) is 1.89. The fraction of sp³-hybridized carbons (Fsp3) is 0. The number of benzene rings is 1. The molecule has 3 N–H and O–H groups in total. The standard InChI is InChI=1S/C7H6N2O.ClH/c8-4-5-1-2-7(10)6(9)3-5;/h1-3,10H,9H2;1H. The van der Waals surface area contributed by atoms with Gasteiger partial charge >= 0.3 is 0 Å². The molecule has 0 aliphatic carbocycles. The minimum absolute atomic E-state index is 0. The summed E-state index contributed by atoms with van der Waals surface area (Å²) >= 11 is 0. The van der Waals surface area contributed by atoms with E-state index in [2.05, 4.69) is 0 Å². The van der Waals surface area contributed by atoms with Crippen LogP contribution in [0.15, 0.2) is 18.2 Å². The van der Waals surface area contributed by atoms with Crippen molar-refractivity contribution in [2.24, 2.45) is 0 Å². The van der Waals surface area contributed by atoms with Crippen molar-refractivity contribution in [1.82, 2.24) is 0 Å². The van der Waals surface area contributed by atoms with E-state index in [0.717, 1.165) is 0 Å². The quantitative estimate of drug-likeness (QED) is 0.455. The van der Waals surface area contributed by atoms with Crippen LogP contribution in [0.4, 0.5) is 5.69 Å². The molecular weight excluding hydrogens is 164 g/mol. The average molecular weight is 171 g/mol. The summed E-state index contributed by atoms with van der Waals surface area (Å²) in [6, 6.07) is 6.23. The molecule has 0 aliphatic heterocycles. The molecule has 4 heteroatoms. The highest BCUT2D eigenvalue weighted by Gasteiger charge is 1.95. The summed E-state index contributed by atoms with van der Waals surface area (Å²) in [5.74, 6) is 0.0130. The number of nitriles is 1. The Kier molecular flexibility index (Phi) is 3.22. The molecule has 1 aromatic rings. The number of aromatic hydroxyl groups is 1. The van der Waals surface area contributed by atoms with Crippen LogP contribution in [0.5, 0.6) is 5.75 Å². The lowest BCUT2D eigenvalue weighted by Gasteiger charge is -1.95. The first-order valence-corrected chi connectivity index (χ1v) is 2.72. The van der Waals surface area contributed by atoms with Gasteiger partial charge in [-0.3, -0.25) is 0 Å². The lowest BCUT2D eigenvalue weighted by molar-refractivity contribution is 0.478. The van der Waals surface area contributed by atoms with E-state index in [4.69, 9.17) is 16.1 Å². The van der Waals surface area contributed by atoms with E-state index in [9.17, 15) is 0 Å². The van der Waals surface area contributed by atoms with Crippen molar-refractivity contribution >= 4 is 18.1 Å². The van der Waals surface area contributed by atoms with E-state index in [1.54, 1.807) is 0 Å². The maximum Gasteiger partial charge on any atom is 0.138 e. The Bertz CT molecular complexity index is 293. The van der Waals surface area contributed by atoms with E-state index in [0.29, 0.717) is 5.56 Å². The molecule has 0 aromatic heterocycles. The second-order valence-corrected chi connectivity index (χ2v) is 1.89. The van der Waals surface area contributed by atoms with Crippen molar-refractivity contribution in [1.29, 1.82) is 5.26 Å². The molecule has 1 rings (SSSR count). The molecule has 0 unspecified atom stereocenters. The number of phenols is 1. The van der Waals surface area contributed by atoms with Gasteiger partial charge in [0.1, 0.15) is 5.75 Å². The van der Waals surface area contributed by atoms with E-state index in [-0.39, 0.29) is 23.8 Å². The van der Waals surface area contributed by atoms with E-state index < -0.39 is 0 Å². The first-order chi connectivity index (χ1) is 4.74.